The number of carboxylic acids is 1. The van der Waals surface area contributed by atoms with E-state index in [0.717, 1.165) is 16.3 Å². The summed E-state index contributed by atoms with van der Waals surface area (Å²) in [6.45, 7) is 3.92. The van der Waals surface area contributed by atoms with Gasteiger partial charge in [-0.2, -0.15) is 0 Å². The van der Waals surface area contributed by atoms with E-state index in [9.17, 15) is 19.5 Å². The van der Waals surface area contributed by atoms with E-state index < -0.39 is 22.5 Å². The number of hydrogen-bond donors (Lipinski definition) is 1. The van der Waals surface area contributed by atoms with Gasteiger partial charge >= 0.3 is 11.7 Å². The van der Waals surface area contributed by atoms with Gasteiger partial charge in [-0.1, -0.05) is 11.8 Å². The van der Waals surface area contributed by atoms with Crippen molar-refractivity contribution in [1.82, 2.24) is 19.1 Å². The van der Waals surface area contributed by atoms with Gasteiger partial charge in [0.25, 0.3) is 5.56 Å². The van der Waals surface area contributed by atoms with Crippen LogP contribution in [0.2, 0.25) is 0 Å². The molecule has 0 aliphatic heterocycles. The summed E-state index contributed by atoms with van der Waals surface area (Å²) < 4.78 is 7.65. The largest absolute Gasteiger partial charge is 0.494 e. The SMILES string of the molecule is CCOc1ccc(-c2nc(S[C@@H](C)C(=O)O)c3c(=O)n(C)c(=O)n(C)c3n2)cc1. The first-order chi connectivity index (χ1) is 13.7. The molecule has 1 N–H and O–H groups in total. The van der Waals surface area contributed by atoms with E-state index in [-0.39, 0.29) is 21.9 Å². The zero-order valence-corrected chi connectivity index (χ0v) is 17.2. The first-order valence-electron chi connectivity index (χ1n) is 8.85. The van der Waals surface area contributed by atoms with Crippen molar-refractivity contribution in [3.8, 4) is 17.1 Å². The van der Waals surface area contributed by atoms with Crippen LogP contribution in [0.5, 0.6) is 5.75 Å². The number of rotatable bonds is 6. The van der Waals surface area contributed by atoms with Crippen LogP contribution in [-0.2, 0) is 18.9 Å². The number of carbonyl (C=O) groups is 1. The van der Waals surface area contributed by atoms with Crippen LogP contribution in [0.3, 0.4) is 0 Å². The van der Waals surface area contributed by atoms with Crippen LogP contribution in [0.25, 0.3) is 22.4 Å². The highest BCUT2D eigenvalue weighted by molar-refractivity contribution is 8.00. The van der Waals surface area contributed by atoms with E-state index in [2.05, 4.69) is 9.97 Å². The molecule has 0 amide bonds. The van der Waals surface area contributed by atoms with Gasteiger partial charge in [0.15, 0.2) is 11.5 Å². The average molecular weight is 416 g/mol. The maximum atomic E-state index is 12.7. The van der Waals surface area contributed by atoms with Crippen LogP contribution in [-0.4, -0.2) is 42.0 Å². The van der Waals surface area contributed by atoms with Gasteiger partial charge in [-0.3, -0.25) is 18.7 Å². The Morgan fingerprint density at radius 1 is 1.17 bits per heavy atom. The molecule has 0 unspecified atom stereocenters. The average Bonchev–Trinajstić information content (AvgIpc) is 2.70. The number of aliphatic carboxylic acids is 1. The van der Waals surface area contributed by atoms with E-state index >= 15 is 0 Å². The van der Waals surface area contributed by atoms with Gasteiger partial charge in [0.1, 0.15) is 21.4 Å². The van der Waals surface area contributed by atoms with Crippen molar-refractivity contribution in [3.63, 3.8) is 0 Å². The van der Waals surface area contributed by atoms with Gasteiger partial charge in [-0.15, -0.1) is 0 Å². The zero-order chi connectivity index (χ0) is 21.3. The van der Waals surface area contributed by atoms with E-state index in [1.165, 1.54) is 25.6 Å². The molecule has 0 saturated carbocycles. The fourth-order valence-electron chi connectivity index (χ4n) is 2.73. The van der Waals surface area contributed by atoms with Gasteiger partial charge in [-0.25, -0.2) is 14.8 Å². The molecule has 0 radical (unpaired) electrons. The second kappa shape index (κ2) is 8.08. The quantitative estimate of drug-likeness (QED) is 0.476. The van der Waals surface area contributed by atoms with Gasteiger partial charge in [0.05, 0.1) is 6.61 Å². The van der Waals surface area contributed by atoms with Crippen molar-refractivity contribution in [3.05, 3.63) is 45.1 Å². The lowest BCUT2D eigenvalue weighted by Gasteiger charge is -2.13. The summed E-state index contributed by atoms with van der Waals surface area (Å²) in [5.41, 5.74) is -0.298. The number of thioether (sulfide) groups is 1. The highest BCUT2D eigenvalue weighted by Gasteiger charge is 2.22. The number of ether oxygens (including phenoxy) is 1. The molecule has 2 heterocycles. The number of nitrogens with zero attached hydrogens (tertiary/aromatic N) is 4. The molecule has 9 nitrogen and oxygen atoms in total. The molecule has 3 rings (SSSR count). The van der Waals surface area contributed by atoms with E-state index in [0.29, 0.717) is 17.9 Å². The molecule has 0 bridgehead atoms. The molecule has 0 fully saturated rings. The van der Waals surface area contributed by atoms with Crippen molar-refractivity contribution in [2.24, 2.45) is 14.1 Å². The standard InChI is InChI=1S/C19H20N4O5S/c1-5-28-12-8-6-11(7-9-12)14-20-15-13(16(21-14)29-10(2)18(25)26)17(24)23(4)19(27)22(15)3/h6-10H,5H2,1-4H3,(H,25,26)/t10-/m0/s1. The third kappa shape index (κ3) is 3.88. The maximum Gasteiger partial charge on any atom is 0.332 e. The van der Waals surface area contributed by atoms with Crippen LogP contribution in [0.15, 0.2) is 38.9 Å². The maximum absolute atomic E-state index is 12.7. The first-order valence-corrected chi connectivity index (χ1v) is 9.73. The van der Waals surface area contributed by atoms with Crippen molar-refractivity contribution in [2.45, 2.75) is 24.1 Å². The normalized spacial score (nSPS) is 12.1. The Kier molecular flexibility index (Phi) is 5.73. The first kappa shape index (κ1) is 20.6. The summed E-state index contributed by atoms with van der Waals surface area (Å²) in [5.74, 6) is -0.0673. The Morgan fingerprint density at radius 3 is 2.41 bits per heavy atom. The molecule has 2 aromatic heterocycles. The zero-order valence-electron chi connectivity index (χ0n) is 16.4. The molecule has 1 atom stereocenters. The number of aryl methyl sites for hydroxylation is 1. The van der Waals surface area contributed by atoms with Crippen molar-refractivity contribution in [1.29, 1.82) is 0 Å². The molecule has 10 heteroatoms. The summed E-state index contributed by atoms with van der Waals surface area (Å²) in [5, 5.41) is 8.77. The molecule has 3 aromatic rings. The van der Waals surface area contributed by atoms with E-state index in [4.69, 9.17) is 4.74 Å². The molecular formula is C19H20N4O5S. The number of fused-ring (bicyclic) bond motifs is 1. The number of hydrogen-bond acceptors (Lipinski definition) is 7. The van der Waals surface area contributed by atoms with Crippen LogP contribution in [0.4, 0.5) is 0 Å². The summed E-state index contributed by atoms with van der Waals surface area (Å²) in [6.07, 6.45) is 0. The molecule has 152 valence electrons. The van der Waals surface area contributed by atoms with Crippen LogP contribution < -0.4 is 16.0 Å². The lowest BCUT2D eigenvalue weighted by atomic mass is 10.2. The topological polar surface area (TPSA) is 116 Å². The summed E-state index contributed by atoms with van der Waals surface area (Å²) in [6, 6.07) is 7.06. The summed E-state index contributed by atoms with van der Waals surface area (Å²) in [7, 11) is 2.87. The van der Waals surface area contributed by atoms with Crippen LogP contribution in [0, 0.1) is 0 Å². The van der Waals surface area contributed by atoms with Gasteiger partial charge in [0, 0.05) is 19.7 Å². The second-order valence-electron chi connectivity index (χ2n) is 6.31. The molecule has 29 heavy (non-hydrogen) atoms. The summed E-state index contributed by atoms with van der Waals surface area (Å²) in [4.78, 5) is 45.3. The molecule has 1 aromatic carbocycles. The minimum atomic E-state index is -1.04. The smallest absolute Gasteiger partial charge is 0.332 e. The third-order valence-electron chi connectivity index (χ3n) is 4.33. The minimum Gasteiger partial charge on any atom is -0.494 e. The lowest BCUT2D eigenvalue weighted by Crippen LogP contribution is -2.37. The van der Waals surface area contributed by atoms with Gasteiger partial charge in [-0.05, 0) is 38.1 Å². The van der Waals surface area contributed by atoms with E-state index in [1.54, 1.807) is 24.3 Å². The Hall–Kier alpha value is -3.14. The van der Waals surface area contributed by atoms with E-state index in [1.807, 2.05) is 6.92 Å². The summed E-state index contributed by atoms with van der Waals surface area (Å²) >= 11 is 0.935. The van der Waals surface area contributed by atoms with Crippen LogP contribution >= 0.6 is 11.8 Å². The molecule has 0 spiro atoms. The predicted molar refractivity (Wildman–Crippen MR) is 110 cm³/mol. The van der Waals surface area contributed by atoms with Crippen molar-refractivity contribution < 1.29 is 14.6 Å². The highest BCUT2D eigenvalue weighted by Crippen LogP contribution is 2.29. The fraction of sp³-hybridized carbons (Fsp3) is 0.316. The molecule has 0 saturated heterocycles. The second-order valence-corrected chi connectivity index (χ2v) is 7.64. The number of carboxylic acid groups (broad SMARTS) is 1. The van der Waals surface area contributed by atoms with Gasteiger partial charge in [0.2, 0.25) is 0 Å². The monoisotopic (exact) mass is 416 g/mol. The molecule has 0 aliphatic rings. The Morgan fingerprint density at radius 2 is 1.83 bits per heavy atom. The van der Waals surface area contributed by atoms with Crippen molar-refractivity contribution >= 4 is 28.8 Å². The Labute approximate surface area is 170 Å². The highest BCUT2D eigenvalue weighted by atomic mass is 32.2. The number of benzene rings is 1. The Bertz CT molecular complexity index is 1200. The Balaban J connectivity index is 2.28. The molecule has 0 aliphatic carbocycles. The third-order valence-corrected chi connectivity index (χ3v) is 5.40. The van der Waals surface area contributed by atoms with Gasteiger partial charge < -0.3 is 9.84 Å². The lowest BCUT2D eigenvalue weighted by molar-refractivity contribution is -0.136. The number of aromatic nitrogens is 4. The fourth-order valence-corrected chi connectivity index (χ4v) is 3.60. The minimum absolute atomic E-state index is 0.113. The molecular weight excluding hydrogens is 396 g/mol. The van der Waals surface area contributed by atoms with Crippen molar-refractivity contribution in [2.75, 3.05) is 6.61 Å². The van der Waals surface area contributed by atoms with Crippen LogP contribution in [0.1, 0.15) is 13.8 Å². The predicted octanol–water partition coefficient (Wildman–Crippen LogP) is 1.66.